The molecule has 0 radical (unpaired) electrons. The highest BCUT2D eigenvalue weighted by Crippen LogP contribution is 2.25. The van der Waals surface area contributed by atoms with Crippen molar-refractivity contribution in [2.24, 2.45) is 0 Å². The summed E-state index contributed by atoms with van der Waals surface area (Å²) in [4.78, 5) is 12.5. The van der Waals surface area contributed by atoms with Gasteiger partial charge in [-0.3, -0.25) is 4.79 Å². The molecule has 1 fully saturated rings. The van der Waals surface area contributed by atoms with Crippen molar-refractivity contribution in [1.82, 2.24) is 10.2 Å². The molecule has 6 nitrogen and oxygen atoms in total. The van der Waals surface area contributed by atoms with Gasteiger partial charge in [-0.1, -0.05) is 31.4 Å². The number of nitrogens with zero attached hydrogens (tertiary/aromatic N) is 2. The highest BCUT2D eigenvalue weighted by molar-refractivity contribution is 6.03. The Morgan fingerprint density at radius 2 is 1.85 bits per heavy atom. The Bertz CT molecular complexity index is 725. The fourth-order valence-electron chi connectivity index (χ4n) is 3.10. The molecule has 1 saturated carbocycles. The third-order valence-corrected chi connectivity index (χ3v) is 4.35. The molecule has 6 heteroatoms. The molecule has 26 heavy (non-hydrogen) atoms. The first-order chi connectivity index (χ1) is 12.6. The largest absolute Gasteiger partial charge is 0.489 e. The van der Waals surface area contributed by atoms with Gasteiger partial charge in [0.15, 0.2) is 5.69 Å². The van der Waals surface area contributed by atoms with E-state index in [-0.39, 0.29) is 17.7 Å². The lowest BCUT2D eigenvalue weighted by atomic mass is 9.95. The van der Waals surface area contributed by atoms with E-state index in [1.54, 1.807) is 6.07 Å². The predicted molar refractivity (Wildman–Crippen MR) is 103 cm³/mol. The molecule has 1 aromatic carbocycles. The molecule has 138 valence electrons. The van der Waals surface area contributed by atoms with Gasteiger partial charge in [-0.05, 0) is 51.0 Å². The Morgan fingerprint density at radius 3 is 2.54 bits per heavy atom. The zero-order chi connectivity index (χ0) is 18.4. The molecular weight excluding hydrogens is 328 g/mol. The molecule has 1 heterocycles. The minimum absolute atomic E-state index is 0.0259. The summed E-state index contributed by atoms with van der Waals surface area (Å²) < 4.78 is 5.72. The van der Waals surface area contributed by atoms with Crippen LogP contribution in [0.3, 0.4) is 0 Å². The van der Waals surface area contributed by atoms with Gasteiger partial charge in [0.25, 0.3) is 5.91 Å². The summed E-state index contributed by atoms with van der Waals surface area (Å²) >= 11 is 0. The number of carbonyl (C=O) groups is 1. The topological polar surface area (TPSA) is 76.1 Å². The van der Waals surface area contributed by atoms with E-state index >= 15 is 0 Å². The second-order valence-corrected chi connectivity index (χ2v) is 6.90. The summed E-state index contributed by atoms with van der Waals surface area (Å²) in [6, 6.07) is 11.3. The molecule has 1 aliphatic carbocycles. The lowest BCUT2D eigenvalue weighted by Gasteiger charge is -2.22. The standard InChI is InChI=1S/C20H26N4O2/c1-14(2)26-18-11-7-6-10-16(18)22-20(25)17-12-13-19(24-23-17)21-15-8-4-3-5-9-15/h6-7,10-15H,3-5,8-9H2,1-2H3,(H,21,24)(H,22,25). The first-order valence-electron chi connectivity index (χ1n) is 9.29. The number of benzene rings is 1. The number of hydrogen-bond acceptors (Lipinski definition) is 5. The van der Waals surface area contributed by atoms with Crippen LogP contribution in [-0.2, 0) is 0 Å². The van der Waals surface area contributed by atoms with Crippen LogP contribution in [0, 0.1) is 0 Å². The molecular formula is C20H26N4O2. The SMILES string of the molecule is CC(C)Oc1ccccc1NC(=O)c1ccc(NC2CCCCC2)nn1. The van der Waals surface area contributed by atoms with Crippen molar-refractivity contribution in [3.05, 3.63) is 42.1 Å². The quantitative estimate of drug-likeness (QED) is 0.810. The Balaban J connectivity index is 1.63. The maximum Gasteiger partial charge on any atom is 0.276 e. The van der Waals surface area contributed by atoms with Gasteiger partial charge in [0.2, 0.25) is 0 Å². The molecule has 3 rings (SSSR count). The highest BCUT2D eigenvalue weighted by Gasteiger charge is 2.15. The van der Waals surface area contributed by atoms with Crippen LogP contribution >= 0.6 is 0 Å². The number of para-hydroxylation sites is 2. The van der Waals surface area contributed by atoms with Crippen LogP contribution in [-0.4, -0.2) is 28.3 Å². The van der Waals surface area contributed by atoms with Gasteiger partial charge in [-0.15, -0.1) is 10.2 Å². The third kappa shape index (κ3) is 4.94. The van der Waals surface area contributed by atoms with E-state index in [0.717, 1.165) is 18.7 Å². The Labute approximate surface area is 154 Å². The van der Waals surface area contributed by atoms with Gasteiger partial charge in [-0.2, -0.15) is 0 Å². The van der Waals surface area contributed by atoms with E-state index in [1.165, 1.54) is 19.3 Å². The number of hydrogen-bond donors (Lipinski definition) is 2. The Kier molecular flexibility index (Phi) is 6.04. The lowest BCUT2D eigenvalue weighted by Crippen LogP contribution is -2.23. The van der Waals surface area contributed by atoms with Gasteiger partial charge >= 0.3 is 0 Å². The monoisotopic (exact) mass is 354 g/mol. The second-order valence-electron chi connectivity index (χ2n) is 6.90. The van der Waals surface area contributed by atoms with Gasteiger partial charge in [0.1, 0.15) is 11.6 Å². The van der Waals surface area contributed by atoms with Crippen LogP contribution in [0.25, 0.3) is 0 Å². The van der Waals surface area contributed by atoms with Crippen LogP contribution in [0.2, 0.25) is 0 Å². The second kappa shape index (κ2) is 8.65. The first kappa shape index (κ1) is 18.2. The Hall–Kier alpha value is -2.63. The number of nitrogens with one attached hydrogen (secondary N) is 2. The first-order valence-corrected chi connectivity index (χ1v) is 9.29. The van der Waals surface area contributed by atoms with Gasteiger partial charge in [-0.25, -0.2) is 0 Å². The van der Waals surface area contributed by atoms with Gasteiger partial charge < -0.3 is 15.4 Å². The van der Waals surface area contributed by atoms with Crippen molar-refractivity contribution >= 4 is 17.4 Å². The summed E-state index contributed by atoms with van der Waals surface area (Å²) in [5, 5.41) is 14.5. The molecule has 0 saturated heterocycles. The zero-order valence-electron chi connectivity index (χ0n) is 15.4. The van der Waals surface area contributed by atoms with E-state index in [0.29, 0.717) is 17.5 Å². The maximum atomic E-state index is 12.5. The summed E-state index contributed by atoms with van der Waals surface area (Å²) in [5.74, 6) is 1.05. The number of rotatable bonds is 6. The third-order valence-electron chi connectivity index (χ3n) is 4.35. The van der Waals surface area contributed by atoms with E-state index in [1.807, 2.05) is 44.2 Å². The molecule has 2 aromatic rings. The molecule has 1 amide bonds. The molecule has 0 atom stereocenters. The van der Waals surface area contributed by atoms with E-state index in [9.17, 15) is 4.79 Å². The molecule has 0 spiro atoms. The van der Waals surface area contributed by atoms with E-state index in [4.69, 9.17) is 4.74 Å². The van der Waals surface area contributed by atoms with E-state index < -0.39 is 0 Å². The van der Waals surface area contributed by atoms with Gasteiger partial charge in [0.05, 0.1) is 11.8 Å². The fraction of sp³-hybridized carbons (Fsp3) is 0.450. The molecule has 1 aliphatic rings. The van der Waals surface area contributed by atoms with Crippen LogP contribution in [0.15, 0.2) is 36.4 Å². The fourth-order valence-corrected chi connectivity index (χ4v) is 3.10. The van der Waals surface area contributed by atoms with Crippen molar-refractivity contribution in [3.8, 4) is 5.75 Å². The van der Waals surface area contributed by atoms with Crippen LogP contribution < -0.4 is 15.4 Å². The summed E-state index contributed by atoms with van der Waals surface area (Å²) in [7, 11) is 0. The van der Waals surface area contributed by atoms with Crippen molar-refractivity contribution < 1.29 is 9.53 Å². The molecule has 0 unspecified atom stereocenters. The summed E-state index contributed by atoms with van der Waals surface area (Å²) in [6.45, 7) is 3.89. The molecule has 1 aromatic heterocycles. The Morgan fingerprint density at radius 1 is 1.08 bits per heavy atom. The lowest BCUT2D eigenvalue weighted by molar-refractivity contribution is 0.102. The number of ether oxygens (including phenoxy) is 1. The number of carbonyl (C=O) groups excluding carboxylic acids is 1. The van der Waals surface area contributed by atoms with Crippen molar-refractivity contribution in [2.45, 2.75) is 58.1 Å². The smallest absolute Gasteiger partial charge is 0.276 e. The average molecular weight is 354 g/mol. The van der Waals surface area contributed by atoms with Gasteiger partial charge in [0, 0.05) is 6.04 Å². The average Bonchev–Trinajstić information content (AvgIpc) is 2.64. The minimum atomic E-state index is -0.304. The zero-order valence-corrected chi connectivity index (χ0v) is 15.4. The van der Waals surface area contributed by atoms with Crippen molar-refractivity contribution in [1.29, 1.82) is 0 Å². The summed E-state index contributed by atoms with van der Waals surface area (Å²) in [5.41, 5.74) is 0.899. The van der Waals surface area contributed by atoms with Crippen LogP contribution in [0.1, 0.15) is 56.4 Å². The molecule has 2 N–H and O–H groups in total. The number of anilines is 2. The van der Waals surface area contributed by atoms with Crippen molar-refractivity contribution in [3.63, 3.8) is 0 Å². The predicted octanol–water partition coefficient (Wildman–Crippen LogP) is 4.26. The van der Waals surface area contributed by atoms with Crippen molar-refractivity contribution in [2.75, 3.05) is 10.6 Å². The highest BCUT2D eigenvalue weighted by atomic mass is 16.5. The van der Waals surface area contributed by atoms with Crippen LogP contribution in [0.4, 0.5) is 11.5 Å². The normalized spacial score (nSPS) is 14.9. The molecule has 0 bridgehead atoms. The number of amides is 1. The van der Waals surface area contributed by atoms with E-state index in [2.05, 4.69) is 20.8 Å². The number of aromatic nitrogens is 2. The molecule has 0 aliphatic heterocycles. The summed E-state index contributed by atoms with van der Waals surface area (Å²) in [6.07, 6.45) is 6.17. The van der Waals surface area contributed by atoms with Crippen LogP contribution in [0.5, 0.6) is 5.75 Å². The maximum absolute atomic E-state index is 12.5. The minimum Gasteiger partial charge on any atom is -0.489 e.